The van der Waals surface area contributed by atoms with E-state index in [1.165, 1.54) is 12.1 Å². The first-order valence-corrected chi connectivity index (χ1v) is 8.40. The van der Waals surface area contributed by atoms with Crippen molar-refractivity contribution in [2.75, 3.05) is 6.54 Å². The SMILES string of the molecule is CCN(Cc1ccccc1)C(=O)C1CC1c1ccc(C(F)(F)F)cc1. The van der Waals surface area contributed by atoms with Gasteiger partial charge in [-0.15, -0.1) is 0 Å². The lowest BCUT2D eigenvalue weighted by Gasteiger charge is -2.21. The van der Waals surface area contributed by atoms with E-state index in [9.17, 15) is 18.0 Å². The van der Waals surface area contributed by atoms with Crippen molar-refractivity contribution in [2.24, 2.45) is 5.92 Å². The number of hydrogen-bond donors (Lipinski definition) is 0. The molecule has 1 amide bonds. The van der Waals surface area contributed by atoms with Crippen molar-refractivity contribution in [3.63, 3.8) is 0 Å². The highest BCUT2D eigenvalue weighted by Gasteiger charge is 2.45. The van der Waals surface area contributed by atoms with E-state index in [1.54, 1.807) is 0 Å². The molecular formula is C20H20F3NO. The van der Waals surface area contributed by atoms with Crippen LogP contribution in [0.5, 0.6) is 0 Å². The number of amides is 1. The molecule has 2 aromatic carbocycles. The molecule has 1 saturated carbocycles. The summed E-state index contributed by atoms with van der Waals surface area (Å²) < 4.78 is 37.9. The van der Waals surface area contributed by atoms with E-state index in [1.807, 2.05) is 42.2 Å². The summed E-state index contributed by atoms with van der Waals surface area (Å²) in [6, 6.07) is 15.0. The van der Waals surface area contributed by atoms with Crippen molar-refractivity contribution < 1.29 is 18.0 Å². The van der Waals surface area contributed by atoms with Crippen LogP contribution in [0.1, 0.15) is 36.0 Å². The van der Waals surface area contributed by atoms with Gasteiger partial charge in [-0.1, -0.05) is 42.5 Å². The molecule has 1 aliphatic rings. The molecule has 2 nitrogen and oxygen atoms in total. The summed E-state index contributed by atoms with van der Waals surface area (Å²) in [5.41, 5.74) is 1.23. The predicted molar refractivity (Wildman–Crippen MR) is 89.8 cm³/mol. The first-order valence-electron chi connectivity index (χ1n) is 8.40. The second kappa shape index (κ2) is 6.90. The maximum Gasteiger partial charge on any atom is 0.416 e. The highest BCUT2D eigenvalue weighted by molar-refractivity contribution is 5.83. The minimum Gasteiger partial charge on any atom is -0.338 e. The molecule has 1 fully saturated rings. The molecule has 0 aliphatic heterocycles. The van der Waals surface area contributed by atoms with Crippen molar-refractivity contribution >= 4 is 5.91 Å². The Bertz CT molecular complexity index is 725. The Balaban J connectivity index is 1.64. The van der Waals surface area contributed by atoms with Crippen LogP contribution in [-0.2, 0) is 17.5 Å². The normalized spacial score (nSPS) is 19.5. The minimum absolute atomic E-state index is 0.0274. The molecule has 132 valence electrons. The van der Waals surface area contributed by atoms with Crippen LogP contribution in [0, 0.1) is 5.92 Å². The van der Waals surface area contributed by atoms with E-state index < -0.39 is 11.7 Å². The van der Waals surface area contributed by atoms with Crippen molar-refractivity contribution in [2.45, 2.75) is 32.0 Å². The average Bonchev–Trinajstić information content (AvgIpc) is 3.40. The number of carbonyl (C=O) groups is 1. The average molecular weight is 347 g/mol. The van der Waals surface area contributed by atoms with Gasteiger partial charge in [0.15, 0.2) is 0 Å². The minimum atomic E-state index is -4.33. The molecule has 2 unspecified atom stereocenters. The summed E-state index contributed by atoms with van der Waals surface area (Å²) in [5, 5.41) is 0. The van der Waals surface area contributed by atoms with E-state index in [2.05, 4.69) is 0 Å². The van der Waals surface area contributed by atoms with Gasteiger partial charge in [-0.25, -0.2) is 0 Å². The Kier molecular flexibility index (Phi) is 4.84. The fourth-order valence-electron chi connectivity index (χ4n) is 3.14. The first kappa shape index (κ1) is 17.5. The summed E-state index contributed by atoms with van der Waals surface area (Å²) in [6.45, 7) is 3.12. The Labute approximate surface area is 145 Å². The number of carbonyl (C=O) groups excluding carboxylic acids is 1. The fourth-order valence-corrected chi connectivity index (χ4v) is 3.14. The van der Waals surface area contributed by atoms with Gasteiger partial charge >= 0.3 is 6.18 Å². The van der Waals surface area contributed by atoms with E-state index in [0.29, 0.717) is 19.5 Å². The molecule has 0 aromatic heterocycles. The van der Waals surface area contributed by atoms with Crippen molar-refractivity contribution in [3.8, 4) is 0 Å². The van der Waals surface area contributed by atoms with Crippen LogP contribution < -0.4 is 0 Å². The monoisotopic (exact) mass is 347 g/mol. The molecule has 5 heteroatoms. The van der Waals surface area contributed by atoms with Crippen LogP contribution in [0.4, 0.5) is 13.2 Å². The number of rotatable bonds is 5. The summed E-state index contributed by atoms with van der Waals surface area (Å²) in [6.07, 6.45) is -3.62. The van der Waals surface area contributed by atoms with Gasteiger partial charge < -0.3 is 4.90 Å². The van der Waals surface area contributed by atoms with E-state index in [-0.39, 0.29) is 17.7 Å². The summed E-state index contributed by atoms with van der Waals surface area (Å²) in [4.78, 5) is 14.5. The standard InChI is InChI=1S/C20H20F3NO/c1-2-24(13-14-6-4-3-5-7-14)19(25)18-12-17(18)15-8-10-16(11-9-15)20(21,22)23/h3-11,17-18H,2,12-13H2,1H3. The molecule has 2 aromatic rings. The first-order chi connectivity index (χ1) is 11.9. The number of nitrogens with zero attached hydrogens (tertiary/aromatic N) is 1. The lowest BCUT2D eigenvalue weighted by atomic mass is 10.1. The van der Waals surface area contributed by atoms with Crippen molar-refractivity contribution in [1.82, 2.24) is 4.90 Å². The molecule has 3 rings (SSSR count). The zero-order valence-electron chi connectivity index (χ0n) is 14.0. The fraction of sp³-hybridized carbons (Fsp3) is 0.350. The van der Waals surface area contributed by atoms with Crippen LogP contribution in [0.3, 0.4) is 0 Å². The smallest absolute Gasteiger partial charge is 0.338 e. The summed E-state index contributed by atoms with van der Waals surface area (Å²) in [5.74, 6) is -0.0174. The maximum absolute atomic E-state index is 12.7. The number of halogens is 3. The summed E-state index contributed by atoms with van der Waals surface area (Å²) in [7, 11) is 0. The lowest BCUT2D eigenvalue weighted by molar-refractivity contribution is -0.137. The van der Waals surface area contributed by atoms with Crippen molar-refractivity contribution in [3.05, 3.63) is 71.3 Å². The molecule has 0 saturated heterocycles. The Morgan fingerprint density at radius 1 is 1.08 bits per heavy atom. The third kappa shape index (κ3) is 4.03. The third-order valence-electron chi connectivity index (χ3n) is 4.68. The van der Waals surface area contributed by atoms with E-state index in [4.69, 9.17) is 0 Å². The second-order valence-corrected chi connectivity index (χ2v) is 6.41. The van der Waals surface area contributed by atoms with Gasteiger partial charge in [0.05, 0.1) is 5.56 Å². The van der Waals surface area contributed by atoms with Crippen molar-refractivity contribution in [1.29, 1.82) is 0 Å². The molecule has 2 atom stereocenters. The van der Waals surface area contributed by atoms with Crippen LogP contribution in [0.15, 0.2) is 54.6 Å². The highest BCUT2D eigenvalue weighted by Crippen LogP contribution is 2.49. The molecular weight excluding hydrogens is 327 g/mol. The van der Waals surface area contributed by atoms with Gasteiger partial charge in [0.25, 0.3) is 0 Å². The third-order valence-corrected chi connectivity index (χ3v) is 4.68. The molecule has 0 N–H and O–H groups in total. The zero-order valence-corrected chi connectivity index (χ0v) is 14.0. The van der Waals surface area contributed by atoms with Crippen LogP contribution in [0.2, 0.25) is 0 Å². The largest absolute Gasteiger partial charge is 0.416 e. The van der Waals surface area contributed by atoms with Gasteiger partial charge in [-0.05, 0) is 42.5 Å². The number of alkyl halides is 3. The molecule has 0 spiro atoms. The van der Waals surface area contributed by atoms with Gasteiger partial charge in [-0.3, -0.25) is 4.79 Å². The lowest BCUT2D eigenvalue weighted by Crippen LogP contribution is -2.31. The molecule has 1 aliphatic carbocycles. The highest BCUT2D eigenvalue weighted by atomic mass is 19.4. The number of hydrogen-bond acceptors (Lipinski definition) is 1. The van der Waals surface area contributed by atoms with Gasteiger partial charge in [0.2, 0.25) is 5.91 Å². The number of benzene rings is 2. The summed E-state index contributed by atoms with van der Waals surface area (Å²) >= 11 is 0. The van der Waals surface area contributed by atoms with Gasteiger partial charge in [-0.2, -0.15) is 13.2 Å². The molecule has 0 radical (unpaired) electrons. The van der Waals surface area contributed by atoms with Crippen LogP contribution >= 0.6 is 0 Å². The Morgan fingerprint density at radius 2 is 1.72 bits per heavy atom. The van der Waals surface area contributed by atoms with E-state index in [0.717, 1.165) is 23.3 Å². The Morgan fingerprint density at radius 3 is 2.28 bits per heavy atom. The van der Waals surface area contributed by atoms with Crippen LogP contribution in [-0.4, -0.2) is 17.4 Å². The van der Waals surface area contributed by atoms with Gasteiger partial charge in [0.1, 0.15) is 0 Å². The Hall–Kier alpha value is -2.30. The molecule has 25 heavy (non-hydrogen) atoms. The second-order valence-electron chi connectivity index (χ2n) is 6.41. The molecule has 0 bridgehead atoms. The quantitative estimate of drug-likeness (QED) is 0.756. The van der Waals surface area contributed by atoms with Crippen LogP contribution in [0.25, 0.3) is 0 Å². The predicted octanol–water partition coefficient (Wildman–Crippen LogP) is 4.86. The van der Waals surface area contributed by atoms with E-state index >= 15 is 0 Å². The zero-order chi connectivity index (χ0) is 18.0. The maximum atomic E-state index is 12.7. The molecule has 0 heterocycles. The van der Waals surface area contributed by atoms with Gasteiger partial charge in [0, 0.05) is 19.0 Å². The topological polar surface area (TPSA) is 20.3 Å².